The lowest BCUT2D eigenvalue weighted by Gasteiger charge is -2.14. The quantitative estimate of drug-likeness (QED) is 0.634. The Bertz CT molecular complexity index is 117. The van der Waals surface area contributed by atoms with Crippen LogP contribution in [0, 0.1) is 0 Å². The number of nitrogens with two attached hydrogens (primary N) is 1. The number of rotatable bonds is 5. The maximum Gasteiger partial charge on any atom is 0.404 e. The molecule has 0 saturated carbocycles. The molecule has 0 radical (unpaired) electrons. The zero-order chi connectivity index (χ0) is 8.69. The van der Waals surface area contributed by atoms with Crippen molar-refractivity contribution in [2.45, 2.75) is 13.3 Å². The molecular formula is C7H16N2O2. The molecule has 0 fully saturated rings. The molecule has 0 aromatic rings. The molecule has 66 valence electrons. The van der Waals surface area contributed by atoms with Gasteiger partial charge in [0.2, 0.25) is 0 Å². The predicted molar refractivity (Wildman–Crippen MR) is 43.3 cm³/mol. The molecule has 0 bridgehead atoms. The van der Waals surface area contributed by atoms with Crippen molar-refractivity contribution in [1.82, 2.24) is 4.90 Å². The fourth-order valence-corrected chi connectivity index (χ4v) is 0.796. The molecule has 11 heavy (non-hydrogen) atoms. The summed E-state index contributed by atoms with van der Waals surface area (Å²) in [5.74, 6) is 0. The van der Waals surface area contributed by atoms with Gasteiger partial charge >= 0.3 is 6.09 Å². The third-order valence-corrected chi connectivity index (χ3v) is 1.32. The second kappa shape index (κ2) is 5.97. The fourth-order valence-electron chi connectivity index (χ4n) is 0.796. The number of amides is 1. The van der Waals surface area contributed by atoms with Crippen LogP contribution >= 0.6 is 0 Å². The van der Waals surface area contributed by atoms with E-state index in [-0.39, 0.29) is 0 Å². The summed E-state index contributed by atoms with van der Waals surface area (Å²) >= 11 is 0. The zero-order valence-electron chi connectivity index (χ0n) is 7.17. The summed E-state index contributed by atoms with van der Waals surface area (Å²) in [5.41, 5.74) is 4.77. The van der Waals surface area contributed by atoms with Gasteiger partial charge in [0.1, 0.15) is 6.61 Å². The number of hydrogen-bond donors (Lipinski definition) is 1. The van der Waals surface area contributed by atoms with Gasteiger partial charge in [-0.3, -0.25) is 0 Å². The van der Waals surface area contributed by atoms with Crippen molar-refractivity contribution in [3.63, 3.8) is 0 Å². The Morgan fingerprint density at radius 3 is 2.64 bits per heavy atom. The molecule has 0 heterocycles. The summed E-state index contributed by atoms with van der Waals surface area (Å²) in [5, 5.41) is 0. The summed E-state index contributed by atoms with van der Waals surface area (Å²) in [6.45, 7) is 4.25. The Morgan fingerprint density at radius 1 is 1.55 bits per heavy atom. The first-order valence-electron chi connectivity index (χ1n) is 3.77. The van der Waals surface area contributed by atoms with Crippen molar-refractivity contribution in [3.05, 3.63) is 0 Å². The SMILES string of the molecule is CCCN(C)CCOC(N)=O. The third-order valence-electron chi connectivity index (χ3n) is 1.32. The highest BCUT2D eigenvalue weighted by Crippen LogP contribution is 1.85. The number of ether oxygens (including phenoxy) is 1. The van der Waals surface area contributed by atoms with Crippen molar-refractivity contribution in [1.29, 1.82) is 0 Å². The minimum atomic E-state index is -0.699. The molecule has 4 nitrogen and oxygen atoms in total. The van der Waals surface area contributed by atoms with Gasteiger partial charge < -0.3 is 15.4 Å². The normalized spacial score (nSPS) is 10.1. The molecule has 0 unspecified atom stereocenters. The predicted octanol–water partition coefficient (Wildman–Crippen LogP) is 0.424. The van der Waals surface area contributed by atoms with Crippen LogP contribution in [0.5, 0.6) is 0 Å². The van der Waals surface area contributed by atoms with Crippen LogP contribution in [0.3, 0.4) is 0 Å². The maximum absolute atomic E-state index is 10.1. The van der Waals surface area contributed by atoms with E-state index in [1.807, 2.05) is 7.05 Å². The lowest BCUT2D eigenvalue weighted by Crippen LogP contribution is -2.26. The number of carbonyl (C=O) groups is 1. The van der Waals surface area contributed by atoms with Crippen molar-refractivity contribution >= 4 is 6.09 Å². The molecule has 0 aliphatic carbocycles. The van der Waals surface area contributed by atoms with E-state index in [0.29, 0.717) is 6.61 Å². The molecule has 0 spiro atoms. The van der Waals surface area contributed by atoms with Crippen molar-refractivity contribution in [2.24, 2.45) is 5.73 Å². The summed E-state index contributed by atoms with van der Waals surface area (Å²) in [7, 11) is 1.98. The number of nitrogens with zero attached hydrogens (tertiary/aromatic N) is 1. The van der Waals surface area contributed by atoms with Crippen LogP contribution in [0.4, 0.5) is 4.79 Å². The van der Waals surface area contributed by atoms with E-state index < -0.39 is 6.09 Å². The highest BCUT2D eigenvalue weighted by atomic mass is 16.5. The first kappa shape index (κ1) is 10.2. The number of hydrogen-bond acceptors (Lipinski definition) is 3. The largest absolute Gasteiger partial charge is 0.448 e. The molecule has 1 amide bonds. The second-order valence-electron chi connectivity index (χ2n) is 2.47. The average molecular weight is 160 g/mol. The Kier molecular flexibility index (Phi) is 5.56. The van der Waals surface area contributed by atoms with Crippen LogP contribution in [0.25, 0.3) is 0 Å². The maximum atomic E-state index is 10.1. The van der Waals surface area contributed by atoms with Crippen LogP contribution in [0.2, 0.25) is 0 Å². The van der Waals surface area contributed by atoms with Crippen molar-refractivity contribution in [3.8, 4) is 0 Å². The first-order chi connectivity index (χ1) is 5.16. The summed E-state index contributed by atoms with van der Waals surface area (Å²) in [6, 6.07) is 0. The van der Waals surface area contributed by atoms with E-state index in [1.165, 1.54) is 0 Å². The van der Waals surface area contributed by atoms with Crippen LogP contribution in [-0.4, -0.2) is 37.7 Å². The fraction of sp³-hybridized carbons (Fsp3) is 0.857. The average Bonchev–Trinajstić information content (AvgIpc) is 1.87. The molecule has 0 atom stereocenters. The number of likely N-dealkylation sites (N-methyl/N-ethyl adjacent to an activating group) is 1. The minimum absolute atomic E-state index is 0.381. The van der Waals surface area contributed by atoms with Gasteiger partial charge in [-0.2, -0.15) is 0 Å². The summed E-state index contributed by atoms with van der Waals surface area (Å²) in [4.78, 5) is 12.2. The molecule has 0 aromatic carbocycles. The lowest BCUT2D eigenvalue weighted by atomic mass is 10.4. The third kappa shape index (κ3) is 7.12. The monoisotopic (exact) mass is 160 g/mol. The Morgan fingerprint density at radius 2 is 2.18 bits per heavy atom. The van der Waals surface area contributed by atoms with Crippen LogP contribution in [0.1, 0.15) is 13.3 Å². The Labute approximate surface area is 67.3 Å². The van der Waals surface area contributed by atoms with Gasteiger partial charge in [-0.25, -0.2) is 4.79 Å². The number of carbonyl (C=O) groups excluding carboxylic acids is 1. The smallest absolute Gasteiger partial charge is 0.404 e. The summed E-state index contributed by atoms with van der Waals surface area (Å²) < 4.78 is 4.56. The van der Waals surface area contributed by atoms with Gasteiger partial charge in [-0.1, -0.05) is 6.92 Å². The standard InChI is InChI=1S/C7H16N2O2/c1-3-4-9(2)5-6-11-7(8)10/h3-6H2,1-2H3,(H2,8,10). The molecular weight excluding hydrogens is 144 g/mol. The van der Waals surface area contributed by atoms with E-state index in [4.69, 9.17) is 5.73 Å². The van der Waals surface area contributed by atoms with E-state index in [9.17, 15) is 4.79 Å². The Balaban J connectivity index is 3.16. The first-order valence-corrected chi connectivity index (χ1v) is 3.77. The van der Waals surface area contributed by atoms with Gasteiger partial charge in [-0.05, 0) is 20.0 Å². The van der Waals surface area contributed by atoms with Crippen LogP contribution < -0.4 is 5.73 Å². The van der Waals surface area contributed by atoms with Crippen LogP contribution in [-0.2, 0) is 4.74 Å². The van der Waals surface area contributed by atoms with Crippen molar-refractivity contribution in [2.75, 3.05) is 26.7 Å². The molecule has 2 N–H and O–H groups in total. The van der Waals surface area contributed by atoms with E-state index in [2.05, 4.69) is 16.6 Å². The molecule has 0 rings (SSSR count). The molecule has 0 aromatic heterocycles. The molecule has 0 saturated heterocycles. The molecule has 0 aliphatic heterocycles. The van der Waals surface area contributed by atoms with Gasteiger partial charge in [-0.15, -0.1) is 0 Å². The minimum Gasteiger partial charge on any atom is -0.448 e. The highest BCUT2D eigenvalue weighted by Gasteiger charge is 1.97. The van der Waals surface area contributed by atoms with Crippen molar-refractivity contribution < 1.29 is 9.53 Å². The second-order valence-corrected chi connectivity index (χ2v) is 2.47. The van der Waals surface area contributed by atoms with E-state index >= 15 is 0 Å². The highest BCUT2D eigenvalue weighted by molar-refractivity contribution is 5.64. The van der Waals surface area contributed by atoms with Crippen LogP contribution in [0.15, 0.2) is 0 Å². The summed E-state index contributed by atoms with van der Waals surface area (Å²) in [6.07, 6.45) is 0.405. The van der Waals surface area contributed by atoms with Gasteiger partial charge in [0.25, 0.3) is 0 Å². The topological polar surface area (TPSA) is 55.6 Å². The van der Waals surface area contributed by atoms with Gasteiger partial charge in [0.15, 0.2) is 0 Å². The molecule has 4 heteroatoms. The number of primary amides is 1. The Hall–Kier alpha value is -0.770. The van der Waals surface area contributed by atoms with Gasteiger partial charge in [0.05, 0.1) is 0 Å². The lowest BCUT2D eigenvalue weighted by molar-refractivity contribution is 0.142. The zero-order valence-corrected chi connectivity index (χ0v) is 7.17. The van der Waals surface area contributed by atoms with E-state index in [1.54, 1.807) is 0 Å². The van der Waals surface area contributed by atoms with E-state index in [0.717, 1.165) is 19.5 Å². The molecule has 0 aliphatic rings. The van der Waals surface area contributed by atoms with Gasteiger partial charge in [0, 0.05) is 6.54 Å².